The summed E-state index contributed by atoms with van der Waals surface area (Å²) in [4.78, 5) is 26.2. The number of hydrogen-bond donors (Lipinski definition) is 1. The minimum atomic E-state index is -0.892. The number of ether oxygens (including phenoxy) is 1. The molecule has 2 aliphatic rings. The van der Waals surface area contributed by atoms with E-state index in [4.69, 9.17) is 9.84 Å². The first-order chi connectivity index (χ1) is 9.66. The Morgan fingerprint density at radius 1 is 1.25 bits per heavy atom. The fourth-order valence-corrected chi connectivity index (χ4v) is 2.84. The predicted molar refractivity (Wildman–Crippen MR) is 72.0 cm³/mol. The van der Waals surface area contributed by atoms with Crippen LogP contribution in [-0.2, 0) is 4.79 Å². The van der Waals surface area contributed by atoms with Crippen LogP contribution in [0.1, 0.15) is 12.8 Å². The maximum atomic E-state index is 12.1. The summed E-state index contributed by atoms with van der Waals surface area (Å²) in [5, 5.41) is 8.97. The molecule has 1 saturated heterocycles. The van der Waals surface area contributed by atoms with Crippen LogP contribution < -0.4 is 9.64 Å². The summed E-state index contributed by atoms with van der Waals surface area (Å²) in [7, 11) is 0. The maximum Gasteiger partial charge on any atom is 0.407 e. The van der Waals surface area contributed by atoms with Crippen molar-refractivity contribution >= 4 is 17.7 Å². The van der Waals surface area contributed by atoms with Gasteiger partial charge in [-0.25, -0.2) is 4.79 Å². The van der Waals surface area contributed by atoms with Gasteiger partial charge in [-0.1, -0.05) is 12.1 Å². The van der Waals surface area contributed by atoms with Gasteiger partial charge in [-0.3, -0.25) is 4.79 Å². The first-order valence-corrected chi connectivity index (χ1v) is 6.68. The normalized spacial score (nSPS) is 19.5. The summed E-state index contributed by atoms with van der Waals surface area (Å²) >= 11 is 0. The molecular weight excluding hydrogens is 260 g/mol. The summed E-state index contributed by atoms with van der Waals surface area (Å²) < 4.78 is 5.42. The van der Waals surface area contributed by atoms with E-state index in [1.54, 1.807) is 4.90 Å². The van der Waals surface area contributed by atoms with Crippen LogP contribution in [0.25, 0.3) is 0 Å². The average molecular weight is 276 g/mol. The Morgan fingerprint density at radius 2 is 1.95 bits per heavy atom. The van der Waals surface area contributed by atoms with Gasteiger partial charge in [0.15, 0.2) is 6.61 Å². The van der Waals surface area contributed by atoms with E-state index < -0.39 is 6.09 Å². The number of carbonyl (C=O) groups excluding carboxylic acids is 1. The van der Waals surface area contributed by atoms with Gasteiger partial charge >= 0.3 is 6.09 Å². The highest BCUT2D eigenvalue weighted by molar-refractivity contribution is 5.98. The predicted octanol–water partition coefficient (Wildman–Crippen LogP) is 1.55. The molecular formula is C14H16N2O4. The van der Waals surface area contributed by atoms with Crippen molar-refractivity contribution in [3.63, 3.8) is 0 Å². The van der Waals surface area contributed by atoms with Crippen LogP contribution in [0.4, 0.5) is 10.5 Å². The number of rotatable bonds is 1. The molecule has 6 heteroatoms. The number of carboxylic acid groups (broad SMARTS) is 1. The Balaban J connectivity index is 1.80. The van der Waals surface area contributed by atoms with E-state index >= 15 is 0 Å². The van der Waals surface area contributed by atoms with E-state index in [0.29, 0.717) is 31.7 Å². The van der Waals surface area contributed by atoms with E-state index in [2.05, 4.69) is 0 Å². The lowest BCUT2D eigenvalue weighted by Crippen LogP contribution is -2.51. The quantitative estimate of drug-likeness (QED) is 0.845. The fraction of sp³-hybridized carbons (Fsp3) is 0.429. The van der Waals surface area contributed by atoms with Gasteiger partial charge in [0.2, 0.25) is 0 Å². The molecule has 0 aliphatic carbocycles. The zero-order valence-electron chi connectivity index (χ0n) is 11.0. The third-order valence-electron chi connectivity index (χ3n) is 3.84. The van der Waals surface area contributed by atoms with Gasteiger partial charge in [0.1, 0.15) is 5.75 Å². The number of carbonyl (C=O) groups is 2. The first kappa shape index (κ1) is 12.8. The molecule has 0 bridgehead atoms. The maximum absolute atomic E-state index is 12.1. The Bertz CT molecular complexity index is 538. The van der Waals surface area contributed by atoms with Gasteiger partial charge in [0.25, 0.3) is 5.91 Å². The van der Waals surface area contributed by atoms with Gasteiger partial charge in [-0.05, 0) is 25.0 Å². The third-order valence-corrected chi connectivity index (χ3v) is 3.84. The molecule has 2 heterocycles. The number of fused-ring (bicyclic) bond motifs is 1. The van der Waals surface area contributed by atoms with Crippen molar-refractivity contribution in [2.45, 2.75) is 18.9 Å². The van der Waals surface area contributed by atoms with Crippen LogP contribution in [-0.4, -0.2) is 47.7 Å². The smallest absolute Gasteiger partial charge is 0.407 e. The second kappa shape index (κ2) is 5.03. The number of piperidine rings is 1. The minimum absolute atomic E-state index is 0.0446. The van der Waals surface area contributed by atoms with Crippen LogP contribution in [0, 0.1) is 0 Å². The molecule has 1 aromatic carbocycles. The van der Waals surface area contributed by atoms with Crippen LogP contribution in [0.15, 0.2) is 24.3 Å². The first-order valence-electron chi connectivity index (χ1n) is 6.68. The lowest BCUT2D eigenvalue weighted by atomic mass is 10.0. The molecule has 3 rings (SSSR count). The minimum Gasteiger partial charge on any atom is -0.482 e. The molecule has 1 aromatic rings. The van der Waals surface area contributed by atoms with Crippen molar-refractivity contribution in [1.29, 1.82) is 0 Å². The highest BCUT2D eigenvalue weighted by Crippen LogP contribution is 2.35. The number of amides is 2. The Kier molecular flexibility index (Phi) is 3.22. The van der Waals surface area contributed by atoms with Crippen LogP contribution in [0.5, 0.6) is 5.75 Å². The van der Waals surface area contributed by atoms with E-state index in [1.165, 1.54) is 4.90 Å². The van der Waals surface area contributed by atoms with E-state index in [1.807, 2.05) is 24.3 Å². The highest BCUT2D eigenvalue weighted by Gasteiger charge is 2.34. The third kappa shape index (κ3) is 2.17. The standard InChI is InChI=1S/C14H16N2O4/c17-13-9-20-12-4-2-1-3-11(12)16(13)10-5-7-15(8-6-10)14(18)19/h1-4,10H,5-9H2,(H,18,19). The molecule has 1 N–H and O–H groups in total. The average Bonchev–Trinajstić information content (AvgIpc) is 2.47. The number of para-hydroxylation sites is 2. The molecule has 0 unspecified atom stereocenters. The molecule has 0 saturated carbocycles. The summed E-state index contributed by atoms with van der Waals surface area (Å²) in [5.41, 5.74) is 0.789. The zero-order valence-corrected chi connectivity index (χ0v) is 11.0. The van der Waals surface area contributed by atoms with Gasteiger partial charge < -0.3 is 19.6 Å². The summed E-state index contributed by atoms with van der Waals surface area (Å²) in [6.45, 7) is 0.982. The van der Waals surface area contributed by atoms with Crippen molar-refractivity contribution in [2.75, 3.05) is 24.6 Å². The van der Waals surface area contributed by atoms with Gasteiger partial charge in [-0.2, -0.15) is 0 Å². The van der Waals surface area contributed by atoms with Gasteiger partial charge in [0, 0.05) is 19.1 Å². The van der Waals surface area contributed by atoms with Crippen LogP contribution in [0.3, 0.4) is 0 Å². The molecule has 20 heavy (non-hydrogen) atoms. The molecule has 6 nitrogen and oxygen atoms in total. The number of nitrogens with zero attached hydrogens (tertiary/aromatic N) is 2. The topological polar surface area (TPSA) is 70.1 Å². The molecule has 0 radical (unpaired) electrons. The van der Waals surface area contributed by atoms with Crippen molar-refractivity contribution in [1.82, 2.24) is 4.90 Å². The summed E-state index contributed by atoms with van der Waals surface area (Å²) in [6.07, 6.45) is 0.427. The van der Waals surface area contributed by atoms with E-state index in [9.17, 15) is 9.59 Å². The molecule has 2 amide bonds. The van der Waals surface area contributed by atoms with Crippen molar-refractivity contribution in [3.8, 4) is 5.75 Å². The van der Waals surface area contributed by atoms with Gasteiger partial charge in [-0.15, -0.1) is 0 Å². The van der Waals surface area contributed by atoms with Gasteiger partial charge in [0.05, 0.1) is 5.69 Å². The number of anilines is 1. The van der Waals surface area contributed by atoms with Crippen molar-refractivity contribution < 1.29 is 19.4 Å². The molecule has 0 aromatic heterocycles. The molecule has 0 atom stereocenters. The zero-order chi connectivity index (χ0) is 14.1. The van der Waals surface area contributed by atoms with Crippen molar-refractivity contribution in [2.24, 2.45) is 0 Å². The Morgan fingerprint density at radius 3 is 2.65 bits per heavy atom. The highest BCUT2D eigenvalue weighted by atomic mass is 16.5. The second-order valence-electron chi connectivity index (χ2n) is 5.02. The molecule has 106 valence electrons. The largest absolute Gasteiger partial charge is 0.482 e. The summed E-state index contributed by atoms with van der Waals surface area (Å²) in [5.74, 6) is 0.658. The number of hydrogen-bond acceptors (Lipinski definition) is 3. The molecule has 1 fully saturated rings. The lowest BCUT2D eigenvalue weighted by Gasteiger charge is -2.39. The van der Waals surface area contributed by atoms with Crippen LogP contribution in [0.2, 0.25) is 0 Å². The Hall–Kier alpha value is -2.24. The van der Waals surface area contributed by atoms with E-state index in [-0.39, 0.29) is 18.6 Å². The number of benzene rings is 1. The lowest BCUT2D eigenvalue weighted by molar-refractivity contribution is -0.122. The second-order valence-corrected chi connectivity index (χ2v) is 5.02. The van der Waals surface area contributed by atoms with Crippen molar-refractivity contribution in [3.05, 3.63) is 24.3 Å². The monoisotopic (exact) mass is 276 g/mol. The SMILES string of the molecule is O=C(O)N1CCC(N2C(=O)COc3ccccc32)CC1. The fourth-order valence-electron chi connectivity index (χ4n) is 2.84. The molecule has 0 spiro atoms. The van der Waals surface area contributed by atoms with Crippen LogP contribution >= 0.6 is 0 Å². The number of likely N-dealkylation sites (tertiary alicyclic amines) is 1. The molecule has 2 aliphatic heterocycles. The van der Waals surface area contributed by atoms with E-state index in [0.717, 1.165) is 5.69 Å². The summed E-state index contributed by atoms with van der Waals surface area (Å²) in [6, 6.07) is 7.51. The Labute approximate surface area is 116 Å².